The summed E-state index contributed by atoms with van der Waals surface area (Å²) in [7, 11) is 3.49. The van der Waals surface area contributed by atoms with Crippen LogP contribution in [0, 0.1) is 0 Å². The maximum absolute atomic E-state index is 10.7. The molecule has 1 heterocycles. The average molecular weight is 157 g/mol. The Labute approximate surface area is 64.0 Å². The van der Waals surface area contributed by atoms with Gasteiger partial charge in [-0.25, -0.2) is 4.79 Å². The van der Waals surface area contributed by atoms with E-state index in [1.165, 1.54) is 4.57 Å². The molecule has 1 rings (SSSR count). The lowest BCUT2D eigenvalue weighted by Gasteiger charge is -1.95. The van der Waals surface area contributed by atoms with Crippen LogP contribution in [0.15, 0.2) is 9.32 Å². The predicted octanol–water partition coefficient (Wildman–Crippen LogP) is -0.865. The molecule has 0 aromatic carbocycles. The second kappa shape index (κ2) is 3.34. The van der Waals surface area contributed by atoms with Crippen LogP contribution < -0.4 is 11.1 Å². The van der Waals surface area contributed by atoms with E-state index in [4.69, 9.17) is 0 Å². The molecule has 0 fully saturated rings. The molecule has 62 valence electrons. The molecular weight excluding hydrogens is 146 g/mol. The first-order valence-corrected chi connectivity index (χ1v) is 3.42. The molecule has 5 nitrogen and oxygen atoms in total. The zero-order chi connectivity index (χ0) is 8.27. The quantitative estimate of drug-likeness (QED) is 0.620. The van der Waals surface area contributed by atoms with E-state index >= 15 is 0 Å². The monoisotopic (exact) mass is 157 g/mol. The Bertz CT molecular complexity index is 276. The van der Waals surface area contributed by atoms with Crippen LogP contribution in [-0.2, 0) is 13.5 Å². The van der Waals surface area contributed by atoms with Gasteiger partial charge in [0.25, 0.3) is 0 Å². The van der Waals surface area contributed by atoms with Crippen LogP contribution >= 0.6 is 0 Å². The van der Waals surface area contributed by atoms with E-state index in [-0.39, 0.29) is 0 Å². The van der Waals surface area contributed by atoms with Crippen molar-refractivity contribution in [3.8, 4) is 0 Å². The Kier molecular flexibility index (Phi) is 2.43. The Balaban J connectivity index is 2.71. The van der Waals surface area contributed by atoms with Crippen molar-refractivity contribution in [3.63, 3.8) is 0 Å². The lowest BCUT2D eigenvalue weighted by molar-refractivity contribution is 0.376. The summed E-state index contributed by atoms with van der Waals surface area (Å²) in [5, 5.41) is 6.54. The summed E-state index contributed by atoms with van der Waals surface area (Å²) in [5.41, 5.74) is 0. The van der Waals surface area contributed by atoms with Gasteiger partial charge in [-0.1, -0.05) is 5.16 Å². The number of likely N-dealkylation sites (N-methyl/N-ethyl adjacent to an activating group) is 1. The van der Waals surface area contributed by atoms with E-state index in [1.807, 2.05) is 7.05 Å². The van der Waals surface area contributed by atoms with E-state index in [2.05, 4.69) is 15.0 Å². The van der Waals surface area contributed by atoms with Gasteiger partial charge in [-0.2, -0.15) is 0 Å². The summed E-state index contributed by atoms with van der Waals surface area (Å²) in [6, 6.07) is 0. The normalized spacial score (nSPS) is 10.4. The summed E-state index contributed by atoms with van der Waals surface area (Å²) in [5.74, 6) is 0.264. The van der Waals surface area contributed by atoms with E-state index in [0.29, 0.717) is 12.2 Å². The van der Waals surface area contributed by atoms with E-state index < -0.39 is 5.76 Å². The van der Waals surface area contributed by atoms with Gasteiger partial charge < -0.3 is 5.32 Å². The van der Waals surface area contributed by atoms with Crippen LogP contribution in [0.1, 0.15) is 5.82 Å². The van der Waals surface area contributed by atoms with Crippen LogP contribution in [0.25, 0.3) is 0 Å². The standard InChI is InChI=1S/C6H11N3O2/c1-7-4-3-5-8-11-6(10)9(5)2/h7H,3-4H2,1-2H3. The average Bonchev–Trinajstić information content (AvgIpc) is 2.31. The molecular formula is C6H11N3O2. The van der Waals surface area contributed by atoms with Gasteiger partial charge in [-0.3, -0.25) is 9.09 Å². The molecule has 0 saturated carbocycles. The first kappa shape index (κ1) is 8.00. The molecule has 1 aromatic rings. The minimum atomic E-state index is -0.406. The van der Waals surface area contributed by atoms with Crippen molar-refractivity contribution in [2.24, 2.45) is 7.05 Å². The van der Waals surface area contributed by atoms with Gasteiger partial charge in [0, 0.05) is 20.0 Å². The lowest BCUT2D eigenvalue weighted by atomic mass is 10.4. The predicted molar refractivity (Wildman–Crippen MR) is 39.4 cm³/mol. The van der Waals surface area contributed by atoms with Crippen molar-refractivity contribution in [1.29, 1.82) is 0 Å². The number of rotatable bonds is 3. The zero-order valence-corrected chi connectivity index (χ0v) is 6.63. The minimum Gasteiger partial charge on any atom is -0.319 e. The molecule has 0 amide bonds. The van der Waals surface area contributed by atoms with Gasteiger partial charge in [0.2, 0.25) is 0 Å². The zero-order valence-electron chi connectivity index (χ0n) is 6.63. The summed E-state index contributed by atoms with van der Waals surface area (Å²) in [6.07, 6.45) is 0.707. The van der Waals surface area contributed by atoms with Gasteiger partial charge in [0.1, 0.15) is 0 Å². The molecule has 0 saturated heterocycles. The van der Waals surface area contributed by atoms with Gasteiger partial charge in [-0.15, -0.1) is 0 Å². The highest BCUT2D eigenvalue weighted by molar-refractivity contribution is 4.82. The molecule has 0 radical (unpaired) electrons. The maximum Gasteiger partial charge on any atom is 0.441 e. The minimum absolute atomic E-state index is 0.406. The molecule has 5 heteroatoms. The van der Waals surface area contributed by atoms with Crippen molar-refractivity contribution < 1.29 is 4.52 Å². The van der Waals surface area contributed by atoms with Crippen LogP contribution in [0.5, 0.6) is 0 Å². The smallest absolute Gasteiger partial charge is 0.319 e. The second-order valence-corrected chi connectivity index (χ2v) is 2.28. The van der Waals surface area contributed by atoms with Gasteiger partial charge in [0.15, 0.2) is 5.82 Å². The van der Waals surface area contributed by atoms with Gasteiger partial charge in [0.05, 0.1) is 0 Å². The number of aromatic nitrogens is 2. The van der Waals surface area contributed by atoms with Crippen molar-refractivity contribution in [3.05, 3.63) is 16.4 Å². The first-order chi connectivity index (χ1) is 5.25. The van der Waals surface area contributed by atoms with Crippen molar-refractivity contribution in [2.75, 3.05) is 13.6 Å². The maximum atomic E-state index is 10.7. The third-order valence-electron chi connectivity index (χ3n) is 1.49. The van der Waals surface area contributed by atoms with Crippen molar-refractivity contribution >= 4 is 0 Å². The topological polar surface area (TPSA) is 60.1 Å². The van der Waals surface area contributed by atoms with Crippen molar-refractivity contribution in [1.82, 2.24) is 15.0 Å². The summed E-state index contributed by atoms with van der Waals surface area (Å²) in [6.45, 7) is 0.791. The van der Waals surface area contributed by atoms with Crippen LogP contribution in [0.2, 0.25) is 0 Å². The highest BCUT2D eigenvalue weighted by Gasteiger charge is 2.03. The fraction of sp³-hybridized carbons (Fsp3) is 0.667. The molecule has 11 heavy (non-hydrogen) atoms. The van der Waals surface area contributed by atoms with Crippen LogP contribution in [-0.4, -0.2) is 23.3 Å². The van der Waals surface area contributed by atoms with Crippen molar-refractivity contribution in [2.45, 2.75) is 6.42 Å². The largest absolute Gasteiger partial charge is 0.441 e. The molecule has 0 spiro atoms. The molecule has 0 bridgehead atoms. The third-order valence-corrected chi connectivity index (χ3v) is 1.49. The van der Waals surface area contributed by atoms with E-state index in [1.54, 1.807) is 7.05 Å². The Morgan fingerprint density at radius 3 is 2.91 bits per heavy atom. The summed E-state index contributed by atoms with van der Waals surface area (Å²) >= 11 is 0. The number of hydrogen-bond acceptors (Lipinski definition) is 4. The van der Waals surface area contributed by atoms with Crippen LogP contribution in [0.3, 0.4) is 0 Å². The Hall–Kier alpha value is -1.10. The number of nitrogens with one attached hydrogen (secondary N) is 1. The molecule has 0 aliphatic heterocycles. The van der Waals surface area contributed by atoms with E-state index in [9.17, 15) is 4.79 Å². The lowest BCUT2D eigenvalue weighted by Crippen LogP contribution is -2.17. The fourth-order valence-electron chi connectivity index (χ4n) is 0.770. The molecule has 0 atom stereocenters. The van der Waals surface area contributed by atoms with E-state index in [0.717, 1.165) is 6.54 Å². The second-order valence-electron chi connectivity index (χ2n) is 2.28. The van der Waals surface area contributed by atoms with Gasteiger partial charge in [-0.05, 0) is 7.05 Å². The molecule has 1 aromatic heterocycles. The molecule has 0 unspecified atom stereocenters. The van der Waals surface area contributed by atoms with Gasteiger partial charge >= 0.3 is 5.76 Å². The highest BCUT2D eigenvalue weighted by Crippen LogP contribution is 1.88. The first-order valence-electron chi connectivity index (χ1n) is 3.42. The third kappa shape index (κ3) is 1.68. The summed E-state index contributed by atoms with van der Waals surface area (Å²) in [4.78, 5) is 10.7. The SMILES string of the molecule is CNCCc1noc(=O)n1C. The molecule has 0 aliphatic carbocycles. The number of nitrogens with zero attached hydrogens (tertiary/aromatic N) is 2. The van der Waals surface area contributed by atoms with Crippen LogP contribution in [0.4, 0.5) is 0 Å². The molecule has 0 aliphatic rings. The Morgan fingerprint density at radius 1 is 1.73 bits per heavy atom. The Morgan fingerprint density at radius 2 is 2.45 bits per heavy atom. The number of hydrogen-bond donors (Lipinski definition) is 1. The summed E-state index contributed by atoms with van der Waals surface area (Å²) < 4.78 is 5.82. The highest BCUT2D eigenvalue weighted by atomic mass is 16.5. The fourth-order valence-corrected chi connectivity index (χ4v) is 0.770. The molecule has 1 N–H and O–H groups in total.